The molecule has 0 N–H and O–H groups in total. The average molecular weight is 125 g/mol. The second-order valence-electron chi connectivity index (χ2n) is 2.66. The van der Waals surface area contributed by atoms with Crippen molar-refractivity contribution in [1.29, 1.82) is 0 Å². The van der Waals surface area contributed by atoms with E-state index >= 15 is 0 Å². The topological polar surface area (TPSA) is 12.4 Å². The van der Waals surface area contributed by atoms with E-state index in [1.807, 2.05) is 0 Å². The molecule has 0 heterocycles. The molecule has 1 rings (SSSR count). The Morgan fingerprint density at radius 1 is 1.33 bits per heavy atom. The van der Waals surface area contributed by atoms with Gasteiger partial charge in [-0.1, -0.05) is 6.92 Å². The highest BCUT2D eigenvalue weighted by atomic mass is 14.7. The maximum Gasteiger partial charge on any atom is 0.0386 e. The largest absolute Gasteiger partial charge is 0.294 e. The molecule has 0 unspecified atom stereocenters. The van der Waals surface area contributed by atoms with Gasteiger partial charge in [0, 0.05) is 12.3 Å². The van der Waals surface area contributed by atoms with Crippen LogP contribution in [0, 0.1) is 0 Å². The normalized spacial score (nSPS) is 18.6. The van der Waals surface area contributed by atoms with Gasteiger partial charge in [0.15, 0.2) is 0 Å². The Morgan fingerprint density at radius 2 is 2.00 bits per heavy atom. The van der Waals surface area contributed by atoms with Crippen molar-refractivity contribution in [2.45, 2.75) is 39.0 Å². The van der Waals surface area contributed by atoms with Crippen molar-refractivity contribution in [1.82, 2.24) is 0 Å². The number of hydrogen-bond acceptors (Lipinski definition) is 1. The monoisotopic (exact) mass is 125 g/mol. The van der Waals surface area contributed by atoms with Crippen LogP contribution in [0.1, 0.15) is 39.0 Å². The Morgan fingerprint density at radius 3 is 2.56 bits per heavy atom. The van der Waals surface area contributed by atoms with E-state index in [9.17, 15) is 0 Å². The molecule has 1 saturated carbocycles. The van der Waals surface area contributed by atoms with Gasteiger partial charge in [-0.3, -0.25) is 4.99 Å². The van der Waals surface area contributed by atoms with Gasteiger partial charge < -0.3 is 0 Å². The summed E-state index contributed by atoms with van der Waals surface area (Å²) in [4.78, 5) is 4.46. The van der Waals surface area contributed by atoms with Crippen LogP contribution in [0.25, 0.3) is 0 Å². The first-order valence-electron chi connectivity index (χ1n) is 3.95. The standard InChI is InChI=1S/C8H15N/c1-2-7-9-8-5-3-4-6-8/h2-7H2,1H3. The average Bonchev–Trinajstić information content (AvgIpc) is 2.34. The van der Waals surface area contributed by atoms with E-state index in [1.165, 1.54) is 37.8 Å². The summed E-state index contributed by atoms with van der Waals surface area (Å²) in [5, 5.41) is 0. The first-order valence-corrected chi connectivity index (χ1v) is 3.95. The zero-order chi connectivity index (χ0) is 6.53. The summed E-state index contributed by atoms with van der Waals surface area (Å²) in [6, 6.07) is 0. The summed E-state index contributed by atoms with van der Waals surface area (Å²) >= 11 is 0. The van der Waals surface area contributed by atoms with Crippen molar-refractivity contribution >= 4 is 5.71 Å². The van der Waals surface area contributed by atoms with E-state index < -0.39 is 0 Å². The van der Waals surface area contributed by atoms with Crippen LogP contribution in [0.2, 0.25) is 0 Å². The molecule has 1 heteroatoms. The Labute approximate surface area is 57.2 Å². The second-order valence-corrected chi connectivity index (χ2v) is 2.66. The molecule has 0 saturated heterocycles. The third-order valence-corrected chi connectivity index (χ3v) is 1.74. The SMILES string of the molecule is CCCN=C1CCCC1. The molecule has 0 bridgehead atoms. The van der Waals surface area contributed by atoms with E-state index in [0.29, 0.717) is 0 Å². The molecule has 9 heavy (non-hydrogen) atoms. The minimum absolute atomic E-state index is 1.05. The molecule has 1 aliphatic carbocycles. The number of nitrogens with zero attached hydrogens (tertiary/aromatic N) is 1. The minimum Gasteiger partial charge on any atom is -0.294 e. The summed E-state index contributed by atoms with van der Waals surface area (Å²) in [6.07, 6.45) is 6.51. The molecule has 1 aliphatic rings. The van der Waals surface area contributed by atoms with Gasteiger partial charge >= 0.3 is 0 Å². The highest BCUT2D eigenvalue weighted by molar-refractivity contribution is 5.86. The summed E-state index contributed by atoms with van der Waals surface area (Å²) in [5.41, 5.74) is 1.47. The molecular weight excluding hydrogens is 110 g/mol. The van der Waals surface area contributed by atoms with Gasteiger partial charge in [0.1, 0.15) is 0 Å². The molecule has 0 radical (unpaired) electrons. The molecule has 0 amide bonds. The van der Waals surface area contributed by atoms with Gasteiger partial charge in [-0.05, 0) is 32.1 Å². The lowest BCUT2D eigenvalue weighted by Crippen LogP contribution is -1.89. The van der Waals surface area contributed by atoms with Crippen molar-refractivity contribution in [3.63, 3.8) is 0 Å². The fourth-order valence-electron chi connectivity index (χ4n) is 1.21. The number of aliphatic imine (C=N–C) groups is 1. The van der Waals surface area contributed by atoms with Crippen LogP contribution < -0.4 is 0 Å². The van der Waals surface area contributed by atoms with Crippen LogP contribution in [0.15, 0.2) is 4.99 Å². The minimum atomic E-state index is 1.05. The molecule has 1 nitrogen and oxygen atoms in total. The van der Waals surface area contributed by atoms with Crippen LogP contribution in [-0.4, -0.2) is 12.3 Å². The lowest BCUT2D eigenvalue weighted by molar-refractivity contribution is 0.886. The molecule has 0 spiro atoms. The smallest absolute Gasteiger partial charge is 0.0386 e. The van der Waals surface area contributed by atoms with E-state index in [2.05, 4.69) is 11.9 Å². The van der Waals surface area contributed by atoms with Crippen molar-refractivity contribution in [2.24, 2.45) is 4.99 Å². The molecule has 0 aromatic heterocycles. The van der Waals surface area contributed by atoms with Crippen molar-refractivity contribution in [3.05, 3.63) is 0 Å². The zero-order valence-electron chi connectivity index (χ0n) is 6.19. The van der Waals surface area contributed by atoms with Gasteiger partial charge in [0.25, 0.3) is 0 Å². The van der Waals surface area contributed by atoms with Crippen molar-refractivity contribution < 1.29 is 0 Å². The fraction of sp³-hybridized carbons (Fsp3) is 0.875. The molecule has 0 aliphatic heterocycles. The predicted octanol–water partition coefficient (Wildman–Crippen LogP) is 2.41. The highest BCUT2D eigenvalue weighted by Gasteiger charge is 2.05. The summed E-state index contributed by atoms with van der Waals surface area (Å²) in [5.74, 6) is 0. The quantitative estimate of drug-likeness (QED) is 0.537. The van der Waals surface area contributed by atoms with Crippen molar-refractivity contribution in [2.75, 3.05) is 6.54 Å². The van der Waals surface area contributed by atoms with Gasteiger partial charge in [0.2, 0.25) is 0 Å². The summed E-state index contributed by atoms with van der Waals surface area (Å²) in [7, 11) is 0. The maximum absolute atomic E-state index is 4.46. The highest BCUT2D eigenvalue weighted by Crippen LogP contribution is 2.14. The Bertz CT molecular complexity index is 97.1. The molecule has 0 atom stereocenters. The molecule has 52 valence electrons. The van der Waals surface area contributed by atoms with Crippen LogP contribution in [0.5, 0.6) is 0 Å². The maximum atomic E-state index is 4.46. The van der Waals surface area contributed by atoms with E-state index in [1.54, 1.807) is 0 Å². The Hall–Kier alpha value is -0.330. The van der Waals surface area contributed by atoms with Gasteiger partial charge in [-0.25, -0.2) is 0 Å². The molecule has 1 fully saturated rings. The summed E-state index contributed by atoms with van der Waals surface area (Å²) < 4.78 is 0. The lowest BCUT2D eigenvalue weighted by atomic mass is 10.3. The fourth-order valence-corrected chi connectivity index (χ4v) is 1.21. The van der Waals surface area contributed by atoms with Crippen LogP contribution in [-0.2, 0) is 0 Å². The molecule has 0 aromatic carbocycles. The van der Waals surface area contributed by atoms with Gasteiger partial charge in [0.05, 0.1) is 0 Å². The van der Waals surface area contributed by atoms with E-state index in [-0.39, 0.29) is 0 Å². The number of hydrogen-bond donors (Lipinski definition) is 0. The van der Waals surface area contributed by atoms with Gasteiger partial charge in [-0.15, -0.1) is 0 Å². The van der Waals surface area contributed by atoms with Crippen molar-refractivity contribution in [3.8, 4) is 0 Å². The molecule has 0 aromatic rings. The predicted molar refractivity (Wildman–Crippen MR) is 41.1 cm³/mol. The van der Waals surface area contributed by atoms with Crippen LogP contribution >= 0.6 is 0 Å². The van der Waals surface area contributed by atoms with Crippen LogP contribution in [0.4, 0.5) is 0 Å². The Kier molecular flexibility index (Phi) is 2.75. The molecular formula is C8H15N. The van der Waals surface area contributed by atoms with Gasteiger partial charge in [-0.2, -0.15) is 0 Å². The lowest BCUT2D eigenvalue weighted by Gasteiger charge is -1.91. The zero-order valence-corrected chi connectivity index (χ0v) is 6.19. The summed E-state index contributed by atoms with van der Waals surface area (Å²) in [6.45, 7) is 3.23. The van der Waals surface area contributed by atoms with E-state index in [4.69, 9.17) is 0 Å². The first kappa shape index (κ1) is 6.79. The van der Waals surface area contributed by atoms with Crippen LogP contribution in [0.3, 0.4) is 0 Å². The second kappa shape index (κ2) is 3.65. The number of rotatable bonds is 2. The Balaban J connectivity index is 2.22. The third-order valence-electron chi connectivity index (χ3n) is 1.74. The third kappa shape index (κ3) is 2.17. The van der Waals surface area contributed by atoms with E-state index in [0.717, 1.165) is 6.54 Å². The first-order chi connectivity index (χ1) is 4.43.